The molecule has 21 heavy (non-hydrogen) atoms. The standard InChI is InChI=1S/C18H23NOS/c1-12-7-8-16(20-3)15(11-12)18(19-2)14-5-4-6-17-13(14)9-10-21-17/h7-11,14,18-19H,4-6H2,1-3H3. The lowest BCUT2D eigenvalue weighted by atomic mass is 9.79. The van der Waals surface area contributed by atoms with Crippen LogP contribution in [0.25, 0.3) is 0 Å². The van der Waals surface area contributed by atoms with E-state index in [1.807, 2.05) is 11.3 Å². The van der Waals surface area contributed by atoms with E-state index in [0.717, 1.165) is 5.75 Å². The maximum absolute atomic E-state index is 5.61. The van der Waals surface area contributed by atoms with Gasteiger partial charge in [0, 0.05) is 22.4 Å². The lowest BCUT2D eigenvalue weighted by molar-refractivity contribution is 0.379. The zero-order valence-corrected chi connectivity index (χ0v) is 13.8. The van der Waals surface area contributed by atoms with Crippen molar-refractivity contribution in [3.05, 3.63) is 51.2 Å². The van der Waals surface area contributed by atoms with Crippen LogP contribution in [0.3, 0.4) is 0 Å². The van der Waals surface area contributed by atoms with Crippen LogP contribution < -0.4 is 10.1 Å². The van der Waals surface area contributed by atoms with E-state index in [1.54, 1.807) is 12.0 Å². The summed E-state index contributed by atoms with van der Waals surface area (Å²) in [5.41, 5.74) is 4.10. The predicted octanol–water partition coefficient (Wildman–Crippen LogP) is 4.45. The van der Waals surface area contributed by atoms with Gasteiger partial charge in [0.1, 0.15) is 5.75 Å². The number of thiophene rings is 1. The Kier molecular flexibility index (Phi) is 4.32. The number of nitrogens with one attached hydrogen (secondary N) is 1. The number of hydrogen-bond acceptors (Lipinski definition) is 3. The highest BCUT2D eigenvalue weighted by Crippen LogP contribution is 2.44. The van der Waals surface area contributed by atoms with Gasteiger partial charge in [0.15, 0.2) is 0 Å². The molecule has 0 radical (unpaired) electrons. The first kappa shape index (κ1) is 14.6. The Labute approximate surface area is 131 Å². The average molecular weight is 301 g/mol. The normalized spacial score (nSPS) is 19.1. The molecule has 0 saturated heterocycles. The molecular weight excluding hydrogens is 278 g/mol. The number of benzene rings is 1. The Hall–Kier alpha value is -1.32. The van der Waals surface area contributed by atoms with Gasteiger partial charge in [-0.05, 0) is 56.3 Å². The van der Waals surface area contributed by atoms with Crippen LogP contribution in [0.15, 0.2) is 29.6 Å². The van der Waals surface area contributed by atoms with E-state index in [9.17, 15) is 0 Å². The van der Waals surface area contributed by atoms with Gasteiger partial charge in [0.05, 0.1) is 7.11 Å². The Morgan fingerprint density at radius 1 is 1.33 bits per heavy atom. The zero-order chi connectivity index (χ0) is 14.8. The van der Waals surface area contributed by atoms with Gasteiger partial charge in [-0.15, -0.1) is 11.3 Å². The molecule has 1 heterocycles. The van der Waals surface area contributed by atoms with Crippen molar-refractivity contribution in [3.63, 3.8) is 0 Å². The second-order valence-corrected chi connectivity index (χ2v) is 6.81. The van der Waals surface area contributed by atoms with Gasteiger partial charge in [0.25, 0.3) is 0 Å². The van der Waals surface area contributed by atoms with E-state index in [4.69, 9.17) is 4.74 Å². The fourth-order valence-electron chi connectivity index (χ4n) is 3.54. The Bertz CT molecular complexity index is 619. The number of aryl methyl sites for hydroxylation is 2. The number of fused-ring (bicyclic) bond motifs is 1. The van der Waals surface area contributed by atoms with Crippen LogP contribution in [0.4, 0.5) is 0 Å². The summed E-state index contributed by atoms with van der Waals surface area (Å²) in [5, 5.41) is 5.78. The lowest BCUT2D eigenvalue weighted by Gasteiger charge is -2.32. The molecule has 2 nitrogen and oxygen atoms in total. The highest BCUT2D eigenvalue weighted by atomic mass is 32.1. The SMILES string of the molecule is CNC(c1cc(C)ccc1OC)C1CCCc2sccc21. The number of likely N-dealkylation sites (N-methyl/N-ethyl adjacent to an activating group) is 1. The highest BCUT2D eigenvalue weighted by Gasteiger charge is 2.30. The molecule has 1 aliphatic carbocycles. The maximum atomic E-state index is 5.61. The quantitative estimate of drug-likeness (QED) is 0.901. The van der Waals surface area contributed by atoms with Gasteiger partial charge in [-0.1, -0.05) is 17.7 Å². The topological polar surface area (TPSA) is 21.3 Å². The van der Waals surface area contributed by atoms with Crippen LogP contribution >= 0.6 is 11.3 Å². The number of ether oxygens (including phenoxy) is 1. The van der Waals surface area contributed by atoms with E-state index in [2.05, 4.69) is 48.9 Å². The van der Waals surface area contributed by atoms with E-state index in [1.165, 1.54) is 36.0 Å². The predicted molar refractivity (Wildman–Crippen MR) is 89.5 cm³/mol. The molecule has 1 N–H and O–H groups in total. The fraction of sp³-hybridized carbons (Fsp3) is 0.444. The minimum atomic E-state index is 0.313. The van der Waals surface area contributed by atoms with Crippen molar-refractivity contribution in [2.24, 2.45) is 0 Å². The smallest absolute Gasteiger partial charge is 0.123 e. The van der Waals surface area contributed by atoms with Crippen molar-refractivity contribution in [1.82, 2.24) is 5.32 Å². The van der Waals surface area contributed by atoms with Gasteiger partial charge in [0.2, 0.25) is 0 Å². The molecule has 112 valence electrons. The molecular formula is C18H23NOS. The second-order valence-electron chi connectivity index (χ2n) is 5.81. The summed E-state index contributed by atoms with van der Waals surface area (Å²) < 4.78 is 5.61. The molecule has 0 amide bonds. The number of rotatable bonds is 4. The van der Waals surface area contributed by atoms with Crippen LogP contribution in [0.1, 0.15) is 46.4 Å². The summed E-state index contributed by atoms with van der Waals surface area (Å²) in [6, 6.07) is 9.10. The third-order valence-electron chi connectivity index (χ3n) is 4.53. The van der Waals surface area contributed by atoms with Crippen molar-refractivity contribution in [2.75, 3.05) is 14.2 Å². The van der Waals surface area contributed by atoms with Gasteiger partial charge >= 0.3 is 0 Å². The van der Waals surface area contributed by atoms with Gasteiger partial charge in [-0.25, -0.2) is 0 Å². The molecule has 2 unspecified atom stereocenters. The van der Waals surface area contributed by atoms with E-state index < -0.39 is 0 Å². The minimum Gasteiger partial charge on any atom is -0.496 e. The second kappa shape index (κ2) is 6.20. The van der Waals surface area contributed by atoms with Gasteiger partial charge < -0.3 is 10.1 Å². The minimum absolute atomic E-state index is 0.313. The summed E-state index contributed by atoms with van der Waals surface area (Å²) in [6.07, 6.45) is 3.77. The molecule has 0 spiro atoms. The summed E-state index contributed by atoms with van der Waals surface area (Å²) in [4.78, 5) is 1.57. The zero-order valence-electron chi connectivity index (χ0n) is 13.0. The van der Waals surface area contributed by atoms with Crippen LogP contribution in [-0.4, -0.2) is 14.2 Å². The van der Waals surface area contributed by atoms with E-state index in [0.29, 0.717) is 12.0 Å². The Morgan fingerprint density at radius 2 is 2.19 bits per heavy atom. The summed E-state index contributed by atoms with van der Waals surface area (Å²) in [6.45, 7) is 2.15. The third-order valence-corrected chi connectivity index (χ3v) is 5.53. The lowest BCUT2D eigenvalue weighted by Crippen LogP contribution is -2.26. The van der Waals surface area contributed by atoms with E-state index in [-0.39, 0.29) is 0 Å². The van der Waals surface area contributed by atoms with Crippen molar-refractivity contribution in [3.8, 4) is 5.75 Å². The first-order chi connectivity index (χ1) is 10.2. The van der Waals surface area contributed by atoms with Crippen LogP contribution in [0.5, 0.6) is 5.75 Å². The molecule has 0 fully saturated rings. The Balaban J connectivity index is 2.02. The highest BCUT2D eigenvalue weighted by molar-refractivity contribution is 7.10. The van der Waals surface area contributed by atoms with Gasteiger partial charge in [-0.2, -0.15) is 0 Å². The van der Waals surface area contributed by atoms with Crippen LogP contribution in [-0.2, 0) is 6.42 Å². The average Bonchev–Trinajstić information content (AvgIpc) is 2.97. The fourth-order valence-corrected chi connectivity index (χ4v) is 4.54. The molecule has 3 rings (SSSR count). The number of methoxy groups -OCH3 is 1. The molecule has 1 aromatic carbocycles. The first-order valence-corrected chi connectivity index (χ1v) is 8.50. The number of hydrogen-bond donors (Lipinski definition) is 1. The summed E-state index contributed by atoms with van der Waals surface area (Å²) in [5.74, 6) is 1.53. The monoisotopic (exact) mass is 301 g/mol. The molecule has 0 saturated carbocycles. The Morgan fingerprint density at radius 3 is 2.95 bits per heavy atom. The summed E-state index contributed by atoms with van der Waals surface area (Å²) >= 11 is 1.91. The van der Waals surface area contributed by atoms with Crippen molar-refractivity contribution in [2.45, 2.75) is 38.1 Å². The van der Waals surface area contributed by atoms with Crippen LogP contribution in [0, 0.1) is 6.92 Å². The first-order valence-electron chi connectivity index (χ1n) is 7.62. The molecule has 1 aromatic heterocycles. The third kappa shape index (κ3) is 2.72. The van der Waals surface area contributed by atoms with Gasteiger partial charge in [-0.3, -0.25) is 0 Å². The van der Waals surface area contributed by atoms with Crippen molar-refractivity contribution >= 4 is 11.3 Å². The molecule has 2 atom stereocenters. The summed E-state index contributed by atoms with van der Waals surface area (Å²) in [7, 11) is 3.82. The molecule has 0 bridgehead atoms. The molecule has 0 aliphatic heterocycles. The molecule has 3 heteroatoms. The van der Waals surface area contributed by atoms with Crippen molar-refractivity contribution < 1.29 is 4.74 Å². The largest absolute Gasteiger partial charge is 0.496 e. The van der Waals surface area contributed by atoms with Crippen molar-refractivity contribution in [1.29, 1.82) is 0 Å². The molecule has 2 aromatic rings. The molecule has 1 aliphatic rings. The van der Waals surface area contributed by atoms with E-state index >= 15 is 0 Å². The maximum Gasteiger partial charge on any atom is 0.123 e. The van der Waals surface area contributed by atoms with Crippen LogP contribution in [0.2, 0.25) is 0 Å².